The van der Waals surface area contributed by atoms with Crippen molar-refractivity contribution in [2.24, 2.45) is 10.9 Å². The van der Waals surface area contributed by atoms with Gasteiger partial charge in [-0.05, 0) is 6.42 Å². The number of aliphatic imine (C=N–C) groups is 1. The summed E-state index contributed by atoms with van der Waals surface area (Å²) >= 11 is 0. The fourth-order valence-electron chi connectivity index (χ4n) is 2.41. The average Bonchev–Trinajstić information content (AvgIpc) is 2.59. The Morgan fingerprint density at radius 1 is 1.54 bits per heavy atom. The van der Waals surface area contributed by atoms with Crippen molar-refractivity contribution < 1.29 is 23.7 Å². The van der Waals surface area contributed by atoms with Gasteiger partial charge in [0.05, 0.1) is 13.7 Å². The van der Waals surface area contributed by atoms with E-state index in [1.54, 1.807) is 6.08 Å². The van der Waals surface area contributed by atoms with Crippen LogP contribution in [0, 0.1) is 5.92 Å². The summed E-state index contributed by atoms with van der Waals surface area (Å²) in [6.45, 7) is 5.82. The van der Waals surface area contributed by atoms with Gasteiger partial charge in [0.2, 0.25) is 0 Å². The van der Waals surface area contributed by atoms with Gasteiger partial charge in [-0.3, -0.25) is 9.59 Å². The molecule has 0 saturated carbocycles. The number of hydrogen-bond donors (Lipinski definition) is 1. The second-order valence-electron chi connectivity index (χ2n) is 5.35. The highest BCUT2D eigenvalue weighted by molar-refractivity contribution is 6.16. The van der Waals surface area contributed by atoms with Gasteiger partial charge in [0.25, 0.3) is 11.7 Å². The molecule has 0 aromatic heterocycles. The van der Waals surface area contributed by atoms with E-state index in [9.17, 15) is 14.4 Å². The van der Waals surface area contributed by atoms with Gasteiger partial charge in [-0.25, -0.2) is 4.79 Å². The molecule has 0 aromatic carbocycles. The molecule has 0 fully saturated rings. The van der Waals surface area contributed by atoms with Gasteiger partial charge in [0, 0.05) is 12.6 Å². The number of fused-ring (bicyclic) bond motifs is 1. The van der Waals surface area contributed by atoms with E-state index >= 15 is 0 Å². The Kier molecular flexibility index (Phi) is 5.62. The van der Waals surface area contributed by atoms with Crippen LogP contribution in [0.1, 0.15) is 13.3 Å². The maximum atomic E-state index is 12.8. The second kappa shape index (κ2) is 7.67. The summed E-state index contributed by atoms with van der Waals surface area (Å²) in [5.41, 5.74) is 0. The zero-order valence-electron chi connectivity index (χ0n) is 13.8. The van der Waals surface area contributed by atoms with Crippen LogP contribution in [0.2, 0.25) is 0 Å². The first-order chi connectivity index (χ1) is 11.5. The summed E-state index contributed by atoms with van der Waals surface area (Å²) in [5, 5.41) is 2.55. The van der Waals surface area contributed by atoms with Crippen LogP contribution in [0.3, 0.4) is 0 Å². The number of dihydropyridines is 1. The summed E-state index contributed by atoms with van der Waals surface area (Å²) in [5.74, 6) is -1.02. The molecule has 0 radical (unpaired) electrons. The van der Waals surface area contributed by atoms with Crippen LogP contribution in [-0.4, -0.2) is 66.1 Å². The van der Waals surface area contributed by atoms with E-state index in [4.69, 9.17) is 4.74 Å². The van der Waals surface area contributed by atoms with Gasteiger partial charge in [0.1, 0.15) is 12.0 Å². The third-order valence-electron chi connectivity index (χ3n) is 3.58. The average molecular weight is 333 g/mol. The number of ether oxygens (including phenoxy) is 1. The largest absolute Gasteiger partial charge is 0.496 e. The van der Waals surface area contributed by atoms with Gasteiger partial charge < -0.3 is 10.1 Å². The molecule has 1 N–H and O–H groups in total. The minimum absolute atomic E-state index is 0.265. The molecule has 8 heteroatoms. The van der Waals surface area contributed by atoms with Gasteiger partial charge in [-0.1, -0.05) is 13.0 Å². The van der Waals surface area contributed by atoms with Crippen LogP contribution in [0.15, 0.2) is 29.5 Å². The van der Waals surface area contributed by atoms with E-state index in [0.717, 1.165) is 11.3 Å². The molecule has 0 saturated heterocycles. The molecule has 2 aliphatic heterocycles. The first-order valence-electron chi connectivity index (χ1n) is 7.71. The lowest BCUT2D eigenvalue weighted by Gasteiger charge is -2.28. The molecule has 2 rings (SSSR count). The molecule has 0 bridgehead atoms. The topological polar surface area (TPSA) is 91.1 Å². The number of carbonyl (C=O) groups is 3. The first kappa shape index (κ1) is 17.6. The van der Waals surface area contributed by atoms with Crippen molar-refractivity contribution in [3.8, 4) is 0 Å². The molecular weight excluding hydrogens is 312 g/mol. The van der Waals surface area contributed by atoms with Crippen molar-refractivity contribution in [2.75, 3.05) is 26.7 Å². The quantitative estimate of drug-likeness (QED) is 0.536. The predicted octanol–water partition coefficient (Wildman–Crippen LogP) is 0.303. The van der Waals surface area contributed by atoms with Gasteiger partial charge in [0.15, 0.2) is 12.5 Å². The number of amides is 4. The van der Waals surface area contributed by atoms with Crippen LogP contribution in [0.5, 0.6) is 0 Å². The number of nitrogens with one attached hydrogen (secondary N) is 1. The number of amidine groups is 1. The second-order valence-corrected chi connectivity index (χ2v) is 5.35. The number of urea groups is 1. The Morgan fingerprint density at radius 2 is 2.29 bits per heavy atom. The lowest BCUT2D eigenvalue weighted by molar-refractivity contribution is -0.408. The summed E-state index contributed by atoms with van der Waals surface area (Å²) in [6.07, 6.45) is 5.42. The highest BCUT2D eigenvalue weighted by Gasteiger charge is 2.50. The molecule has 2 heterocycles. The molecule has 1 atom stereocenters. The molecular formula is C16H21N4O4+. The molecule has 24 heavy (non-hydrogen) atoms. The Hall–Kier alpha value is -2.77. The van der Waals surface area contributed by atoms with Gasteiger partial charge in [-0.15, -0.1) is 11.6 Å². The number of carbonyl (C=O) groups excluding carboxylic acids is 3. The number of hydrogen-bond acceptors (Lipinski definition) is 5. The van der Waals surface area contributed by atoms with Crippen LogP contribution >= 0.6 is 0 Å². The molecule has 4 amide bonds. The summed E-state index contributed by atoms with van der Waals surface area (Å²) < 4.78 is 6.89. The normalized spacial score (nSPS) is 19.8. The fourth-order valence-corrected chi connectivity index (χ4v) is 2.41. The maximum Gasteiger partial charge on any atom is 0.446 e. The van der Waals surface area contributed by atoms with E-state index in [-0.39, 0.29) is 13.1 Å². The van der Waals surface area contributed by atoms with Crippen molar-refractivity contribution in [1.82, 2.24) is 10.2 Å². The maximum absolute atomic E-state index is 12.8. The third-order valence-corrected chi connectivity index (χ3v) is 3.58. The summed E-state index contributed by atoms with van der Waals surface area (Å²) in [7, 11) is 1.52. The van der Waals surface area contributed by atoms with E-state index in [1.165, 1.54) is 23.9 Å². The minimum atomic E-state index is -0.809. The zero-order valence-corrected chi connectivity index (χ0v) is 13.8. The standard InChI is InChI=1S/C16H20N4O4/c1-4-7-17-12(21)10-20-15(22)13-11(24-9-5-2)6-8-18-14(13)19(3)16(20)23/h4,6,8,13H,1,5,7,9-10H2,2-3H3/p+1. The SMILES string of the molecule is C=CCNC(=O)CN1C(=O)C2C(OCCC)=CC=NC2=[N+](C)C1=O. The molecule has 0 aromatic rings. The fraction of sp³-hybridized carbons (Fsp3) is 0.438. The Balaban J connectivity index is 2.27. The highest BCUT2D eigenvalue weighted by atomic mass is 16.5. The molecule has 0 aliphatic carbocycles. The highest BCUT2D eigenvalue weighted by Crippen LogP contribution is 2.25. The molecule has 0 spiro atoms. The number of nitrogens with zero attached hydrogens (tertiary/aromatic N) is 3. The van der Waals surface area contributed by atoms with Crippen molar-refractivity contribution in [3.63, 3.8) is 0 Å². The molecule has 128 valence electrons. The van der Waals surface area contributed by atoms with E-state index < -0.39 is 23.8 Å². The minimum Gasteiger partial charge on any atom is -0.496 e. The summed E-state index contributed by atoms with van der Waals surface area (Å²) in [4.78, 5) is 42.1. The van der Waals surface area contributed by atoms with Crippen molar-refractivity contribution in [1.29, 1.82) is 0 Å². The molecule has 1 unspecified atom stereocenters. The van der Waals surface area contributed by atoms with Crippen LogP contribution in [0.4, 0.5) is 4.79 Å². The smallest absolute Gasteiger partial charge is 0.446 e. The Bertz CT molecular complexity index is 663. The van der Waals surface area contributed by atoms with Gasteiger partial charge >= 0.3 is 11.9 Å². The van der Waals surface area contributed by atoms with Crippen LogP contribution < -0.4 is 5.32 Å². The van der Waals surface area contributed by atoms with Crippen LogP contribution in [0.25, 0.3) is 0 Å². The number of rotatable bonds is 7. The third kappa shape index (κ3) is 3.42. The lowest BCUT2D eigenvalue weighted by atomic mass is 9.99. The Morgan fingerprint density at radius 3 is 2.96 bits per heavy atom. The number of imide groups is 1. The van der Waals surface area contributed by atoms with E-state index in [1.807, 2.05) is 6.92 Å². The molecule has 8 nitrogen and oxygen atoms in total. The van der Waals surface area contributed by atoms with Crippen LogP contribution in [-0.2, 0) is 14.3 Å². The summed E-state index contributed by atoms with van der Waals surface area (Å²) in [6, 6.07) is -0.589. The van der Waals surface area contributed by atoms with Gasteiger partial charge in [-0.2, -0.15) is 9.48 Å². The zero-order chi connectivity index (χ0) is 17.7. The first-order valence-corrected chi connectivity index (χ1v) is 7.71. The number of allylic oxidation sites excluding steroid dienone is 1. The lowest BCUT2D eigenvalue weighted by Crippen LogP contribution is -2.56. The predicted molar refractivity (Wildman–Crippen MR) is 87.8 cm³/mol. The van der Waals surface area contributed by atoms with E-state index in [2.05, 4.69) is 16.9 Å². The van der Waals surface area contributed by atoms with Crippen molar-refractivity contribution >= 4 is 29.9 Å². The monoisotopic (exact) mass is 333 g/mol. The van der Waals surface area contributed by atoms with Crippen molar-refractivity contribution in [3.05, 3.63) is 24.5 Å². The Labute approximate surface area is 140 Å². The van der Waals surface area contributed by atoms with E-state index in [0.29, 0.717) is 18.2 Å². The molecule has 2 aliphatic rings. The van der Waals surface area contributed by atoms with Crippen molar-refractivity contribution in [2.45, 2.75) is 13.3 Å².